The highest BCUT2D eigenvalue weighted by Gasteiger charge is 2.05. The van der Waals surface area contributed by atoms with Gasteiger partial charge in [0.25, 0.3) is 0 Å². The van der Waals surface area contributed by atoms with Crippen LogP contribution in [0.3, 0.4) is 0 Å². The first-order valence-corrected chi connectivity index (χ1v) is 9.14. The molecule has 129 valence electrons. The van der Waals surface area contributed by atoms with Crippen molar-refractivity contribution in [2.75, 3.05) is 13.2 Å². The van der Waals surface area contributed by atoms with Crippen LogP contribution < -0.4 is 9.47 Å². The third-order valence-electron chi connectivity index (χ3n) is 4.14. The van der Waals surface area contributed by atoms with E-state index < -0.39 is 0 Å². The minimum absolute atomic E-state index is 0.745. The van der Waals surface area contributed by atoms with Crippen LogP contribution in [0.5, 0.6) is 11.5 Å². The summed E-state index contributed by atoms with van der Waals surface area (Å²) < 4.78 is 11.8. The van der Waals surface area contributed by atoms with Crippen LogP contribution in [-0.2, 0) is 0 Å². The molecule has 1 aromatic rings. The predicted octanol–water partition coefficient (Wildman–Crippen LogP) is 6.21. The fourth-order valence-electron chi connectivity index (χ4n) is 2.38. The average Bonchev–Trinajstić information content (AvgIpc) is 2.58. The first kappa shape index (κ1) is 19.6. The lowest BCUT2D eigenvalue weighted by atomic mass is 10.0. The molecule has 0 spiro atoms. The van der Waals surface area contributed by atoms with E-state index in [1.807, 2.05) is 24.3 Å². The van der Waals surface area contributed by atoms with Gasteiger partial charge >= 0.3 is 0 Å². The summed E-state index contributed by atoms with van der Waals surface area (Å²) in [4.78, 5) is 0. The minimum atomic E-state index is 0.745. The molecule has 1 radical (unpaired) electrons. The van der Waals surface area contributed by atoms with Crippen LogP contribution in [0.25, 0.3) is 0 Å². The topological polar surface area (TPSA) is 18.5 Å². The molecule has 0 aliphatic rings. The van der Waals surface area contributed by atoms with Gasteiger partial charge in [0.15, 0.2) is 11.5 Å². The minimum Gasteiger partial charge on any atom is -0.490 e. The zero-order valence-corrected chi connectivity index (χ0v) is 15.0. The Morgan fingerprint density at radius 3 is 2.61 bits per heavy atom. The van der Waals surface area contributed by atoms with Crippen LogP contribution in [0.1, 0.15) is 65.2 Å². The first-order chi connectivity index (χ1) is 11.3. The fraction of sp³-hybridized carbons (Fsp3) is 0.619. The fourth-order valence-corrected chi connectivity index (χ4v) is 2.38. The van der Waals surface area contributed by atoms with E-state index in [-0.39, 0.29) is 0 Å². The number of unbranched alkanes of at least 4 members (excludes halogenated alkanes) is 4. The van der Waals surface area contributed by atoms with Gasteiger partial charge in [0, 0.05) is 0 Å². The molecule has 0 aliphatic carbocycles. The third-order valence-corrected chi connectivity index (χ3v) is 4.14. The predicted molar refractivity (Wildman–Crippen MR) is 98.2 cm³/mol. The summed E-state index contributed by atoms with van der Waals surface area (Å²) in [5.41, 5.74) is 0. The van der Waals surface area contributed by atoms with E-state index in [2.05, 4.69) is 26.5 Å². The number of benzene rings is 1. The van der Waals surface area contributed by atoms with Crippen molar-refractivity contribution in [2.24, 2.45) is 5.92 Å². The molecule has 0 aromatic heterocycles. The molecule has 1 aromatic carbocycles. The van der Waals surface area contributed by atoms with Crippen LogP contribution >= 0.6 is 0 Å². The van der Waals surface area contributed by atoms with E-state index in [9.17, 15) is 0 Å². The summed E-state index contributed by atoms with van der Waals surface area (Å²) in [5, 5.41) is 0. The molecular weight excluding hydrogens is 284 g/mol. The molecule has 0 N–H and O–H groups in total. The number of hydrogen-bond acceptors (Lipinski definition) is 2. The second-order valence-corrected chi connectivity index (χ2v) is 6.22. The second-order valence-electron chi connectivity index (χ2n) is 6.22. The maximum Gasteiger partial charge on any atom is 0.161 e. The SMILES string of the molecule is C=CCCCCCCOc1c[c]ccc1OCCCC(C)CC. The number of hydrogen-bond donors (Lipinski definition) is 0. The van der Waals surface area contributed by atoms with Gasteiger partial charge in [-0.05, 0) is 56.2 Å². The van der Waals surface area contributed by atoms with Gasteiger partial charge in [0.2, 0.25) is 0 Å². The maximum atomic E-state index is 5.89. The molecule has 1 atom stereocenters. The van der Waals surface area contributed by atoms with Crippen molar-refractivity contribution in [3.8, 4) is 11.5 Å². The number of rotatable bonds is 14. The van der Waals surface area contributed by atoms with E-state index in [4.69, 9.17) is 9.47 Å². The Balaban J connectivity index is 2.23. The monoisotopic (exact) mass is 317 g/mol. The third kappa shape index (κ3) is 9.32. The molecule has 0 aliphatic heterocycles. The standard InChI is InChI=1S/C21H33O2/c1-4-6-7-8-9-12-17-22-20-15-10-11-16-21(20)23-18-13-14-19(3)5-2/h4,11,15-16,19H,1,5-9,12-14,17-18H2,2-3H3. The van der Waals surface area contributed by atoms with Gasteiger partial charge in [-0.3, -0.25) is 0 Å². The molecule has 0 heterocycles. The first-order valence-electron chi connectivity index (χ1n) is 9.14. The molecule has 2 heteroatoms. The Labute approximate surface area is 142 Å². The molecule has 1 unspecified atom stereocenters. The van der Waals surface area contributed by atoms with Gasteiger partial charge in [-0.25, -0.2) is 0 Å². The number of allylic oxidation sites excluding steroid dienone is 1. The maximum absolute atomic E-state index is 5.89. The molecule has 0 saturated heterocycles. The van der Waals surface area contributed by atoms with Crippen LogP contribution in [0.2, 0.25) is 0 Å². The lowest BCUT2D eigenvalue weighted by molar-refractivity contribution is 0.254. The molecular formula is C21H33O2. The van der Waals surface area contributed by atoms with Crippen molar-refractivity contribution >= 4 is 0 Å². The van der Waals surface area contributed by atoms with E-state index in [1.54, 1.807) is 0 Å². The summed E-state index contributed by atoms with van der Waals surface area (Å²) in [6.07, 6.45) is 11.4. The Kier molecular flexibility index (Phi) is 11.1. The van der Waals surface area contributed by atoms with Crippen molar-refractivity contribution in [1.29, 1.82) is 0 Å². The molecule has 2 nitrogen and oxygen atoms in total. The summed E-state index contributed by atoms with van der Waals surface area (Å²) >= 11 is 0. The zero-order chi connectivity index (χ0) is 16.8. The van der Waals surface area contributed by atoms with Crippen molar-refractivity contribution in [3.05, 3.63) is 36.9 Å². The Hall–Kier alpha value is -1.44. The quantitative estimate of drug-likeness (QED) is 0.300. The van der Waals surface area contributed by atoms with Gasteiger partial charge in [-0.2, -0.15) is 0 Å². The number of ether oxygens (including phenoxy) is 2. The lowest BCUT2D eigenvalue weighted by Crippen LogP contribution is -2.04. The van der Waals surface area contributed by atoms with Gasteiger partial charge in [0.05, 0.1) is 13.2 Å². The van der Waals surface area contributed by atoms with Crippen molar-refractivity contribution in [1.82, 2.24) is 0 Å². The molecule has 0 saturated carbocycles. The van der Waals surface area contributed by atoms with Gasteiger partial charge in [-0.1, -0.05) is 45.3 Å². The van der Waals surface area contributed by atoms with Crippen LogP contribution in [0.15, 0.2) is 30.9 Å². The highest BCUT2D eigenvalue weighted by Crippen LogP contribution is 2.27. The van der Waals surface area contributed by atoms with Crippen molar-refractivity contribution < 1.29 is 9.47 Å². The van der Waals surface area contributed by atoms with Crippen LogP contribution in [-0.4, -0.2) is 13.2 Å². The summed E-state index contributed by atoms with van der Waals surface area (Å²) in [6.45, 7) is 9.78. The summed E-state index contributed by atoms with van der Waals surface area (Å²) in [5.74, 6) is 2.45. The Morgan fingerprint density at radius 2 is 1.83 bits per heavy atom. The molecule has 0 bridgehead atoms. The summed E-state index contributed by atoms with van der Waals surface area (Å²) in [7, 11) is 0. The van der Waals surface area contributed by atoms with Gasteiger partial charge in [-0.15, -0.1) is 6.58 Å². The van der Waals surface area contributed by atoms with Crippen molar-refractivity contribution in [2.45, 2.75) is 65.2 Å². The highest BCUT2D eigenvalue weighted by atomic mass is 16.5. The normalized spacial score (nSPS) is 11.9. The Morgan fingerprint density at radius 1 is 1.09 bits per heavy atom. The van der Waals surface area contributed by atoms with E-state index >= 15 is 0 Å². The molecule has 23 heavy (non-hydrogen) atoms. The lowest BCUT2D eigenvalue weighted by Gasteiger charge is -2.13. The smallest absolute Gasteiger partial charge is 0.161 e. The van der Waals surface area contributed by atoms with Gasteiger partial charge in [0.1, 0.15) is 0 Å². The van der Waals surface area contributed by atoms with Gasteiger partial charge < -0.3 is 9.47 Å². The van der Waals surface area contributed by atoms with E-state index in [0.29, 0.717) is 0 Å². The van der Waals surface area contributed by atoms with E-state index in [0.717, 1.165) is 49.9 Å². The molecule has 1 rings (SSSR count). The molecule has 0 fully saturated rings. The average molecular weight is 317 g/mol. The highest BCUT2D eigenvalue weighted by molar-refractivity contribution is 5.38. The van der Waals surface area contributed by atoms with E-state index in [1.165, 1.54) is 32.1 Å². The van der Waals surface area contributed by atoms with Crippen LogP contribution in [0, 0.1) is 12.0 Å². The largest absolute Gasteiger partial charge is 0.490 e. The van der Waals surface area contributed by atoms with Crippen molar-refractivity contribution in [3.63, 3.8) is 0 Å². The summed E-state index contributed by atoms with van der Waals surface area (Å²) in [6, 6.07) is 8.78. The Bertz CT molecular complexity index is 414. The zero-order valence-electron chi connectivity index (χ0n) is 15.0. The second kappa shape index (κ2) is 13.0. The molecule has 0 amide bonds. The van der Waals surface area contributed by atoms with Crippen LogP contribution in [0.4, 0.5) is 0 Å².